The molecule has 1 aliphatic rings. The Morgan fingerprint density at radius 3 is 2.21 bits per heavy atom. The minimum atomic E-state index is -0.588. The molecule has 0 saturated carbocycles. The van der Waals surface area contributed by atoms with Gasteiger partial charge in [0.15, 0.2) is 11.5 Å². The van der Waals surface area contributed by atoms with Crippen molar-refractivity contribution in [2.45, 2.75) is 5.92 Å². The molecule has 29 heavy (non-hydrogen) atoms. The van der Waals surface area contributed by atoms with E-state index in [2.05, 4.69) is 0 Å². The van der Waals surface area contributed by atoms with Crippen LogP contribution >= 0.6 is 0 Å². The van der Waals surface area contributed by atoms with E-state index >= 15 is 0 Å². The monoisotopic (exact) mass is 390 g/mol. The highest BCUT2D eigenvalue weighted by Crippen LogP contribution is 2.36. The third-order valence-corrected chi connectivity index (χ3v) is 5.03. The molecule has 0 aliphatic carbocycles. The van der Waals surface area contributed by atoms with Crippen LogP contribution in [0.5, 0.6) is 11.5 Å². The van der Waals surface area contributed by atoms with Crippen molar-refractivity contribution in [2.75, 3.05) is 25.2 Å². The van der Waals surface area contributed by atoms with Crippen molar-refractivity contribution in [3.05, 3.63) is 83.9 Å². The van der Waals surface area contributed by atoms with Gasteiger partial charge in [-0.15, -0.1) is 0 Å². The SMILES string of the molecule is CN(c1ccc(C(C(=O)NO)c2ccccc2)cc1)c1ccc2c(c1)OCCO2. The highest BCUT2D eigenvalue weighted by atomic mass is 16.6. The second-order valence-corrected chi connectivity index (χ2v) is 6.80. The minimum absolute atomic E-state index is 0.468. The Morgan fingerprint density at radius 1 is 0.897 bits per heavy atom. The molecule has 148 valence electrons. The maximum absolute atomic E-state index is 12.3. The van der Waals surface area contributed by atoms with Gasteiger partial charge >= 0.3 is 0 Å². The third kappa shape index (κ3) is 3.88. The lowest BCUT2D eigenvalue weighted by Crippen LogP contribution is -2.27. The Balaban J connectivity index is 1.60. The number of carbonyl (C=O) groups excluding carboxylic acids is 1. The minimum Gasteiger partial charge on any atom is -0.486 e. The summed E-state index contributed by atoms with van der Waals surface area (Å²) in [5.74, 6) is 0.435. The van der Waals surface area contributed by atoms with E-state index in [9.17, 15) is 10.0 Å². The van der Waals surface area contributed by atoms with Crippen molar-refractivity contribution in [1.29, 1.82) is 0 Å². The lowest BCUT2D eigenvalue weighted by Gasteiger charge is -2.24. The Labute approximate surface area is 169 Å². The largest absolute Gasteiger partial charge is 0.486 e. The number of amides is 1. The van der Waals surface area contributed by atoms with Gasteiger partial charge in [-0.05, 0) is 35.4 Å². The van der Waals surface area contributed by atoms with E-state index in [0.717, 1.165) is 34.0 Å². The Bertz CT molecular complexity index is 990. The molecular formula is C23H22N2O4. The van der Waals surface area contributed by atoms with Crippen molar-refractivity contribution < 1.29 is 19.5 Å². The standard InChI is InChI=1S/C23H22N2O4/c1-25(19-11-12-20-21(15-19)29-14-13-28-20)18-9-7-17(8-10-18)22(23(26)24-27)16-5-3-2-4-6-16/h2-12,15,22,27H,13-14H2,1H3,(H,24,26). The first-order valence-electron chi connectivity index (χ1n) is 9.39. The molecule has 0 spiro atoms. The average Bonchev–Trinajstić information content (AvgIpc) is 2.79. The summed E-state index contributed by atoms with van der Waals surface area (Å²) in [6.07, 6.45) is 0. The van der Waals surface area contributed by atoms with Crippen LogP contribution in [0.1, 0.15) is 17.0 Å². The Kier molecular flexibility index (Phi) is 5.35. The normalized spacial score (nSPS) is 13.4. The lowest BCUT2D eigenvalue weighted by atomic mass is 9.90. The number of hydrogen-bond acceptors (Lipinski definition) is 5. The van der Waals surface area contributed by atoms with Crippen molar-refractivity contribution in [1.82, 2.24) is 5.48 Å². The number of hydrogen-bond donors (Lipinski definition) is 2. The van der Waals surface area contributed by atoms with Gasteiger partial charge in [-0.3, -0.25) is 10.0 Å². The van der Waals surface area contributed by atoms with Gasteiger partial charge in [-0.2, -0.15) is 0 Å². The number of anilines is 2. The summed E-state index contributed by atoms with van der Waals surface area (Å²) in [7, 11) is 1.97. The second kappa shape index (κ2) is 8.24. The van der Waals surface area contributed by atoms with Crippen molar-refractivity contribution in [3.63, 3.8) is 0 Å². The van der Waals surface area contributed by atoms with Gasteiger partial charge in [0.1, 0.15) is 13.2 Å². The third-order valence-electron chi connectivity index (χ3n) is 5.03. The second-order valence-electron chi connectivity index (χ2n) is 6.80. The van der Waals surface area contributed by atoms with E-state index < -0.39 is 11.8 Å². The molecule has 1 heterocycles. The highest BCUT2D eigenvalue weighted by Gasteiger charge is 2.22. The van der Waals surface area contributed by atoms with Gasteiger partial charge in [0, 0.05) is 24.5 Å². The van der Waals surface area contributed by atoms with Gasteiger partial charge in [0.25, 0.3) is 5.91 Å². The molecule has 3 aromatic carbocycles. The molecule has 0 radical (unpaired) electrons. The fourth-order valence-electron chi connectivity index (χ4n) is 3.49. The molecule has 2 N–H and O–H groups in total. The number of fused-ring (bicyclic) bond motifs is 1. The van der Waals surface area contributed by atoms with E-state index in [1.807, 2.05) is 84.7 Å². The zero-order chi connectivity index (χ0) is 20.2. The van der Waals surface area contributed by atoms with Gasteiger partial charge in [0.2, 0.25) is 0 Å². The maximum Gasteiger partial charge on any atom is 0.255 e. The molecule has 1 unspecified atom stereocenters. The van der Waals surface area contributed by atoms with Crippen LogP contribution < -0.4 is 19.9 Å². The van der Waals surface area contributed by atoms with Crippen LogP contribution in [-0.4, -0.2) is 31.4 Å². The summed E-state index contributed by atoms with van der Waals surface area (Å²) in [6.45, 7) is 1.11. The van der Waals surface area contributed by atoms with Crippen LogP contribution in [0, 0.1) is 0 Å². The molecule has 0 saturated heterocycles. The van der Waals surface area contributed by atoms with Gasteiger partial charge in [0.05, 0.1) is 5.92 Å². The molecule has 0 bridgehead atoms. The quantitative estimate of drug-likeness (QED) is 0.511. The van der Waals surface area contributed by atoms with Crippen LogP contribution in [0.25, 0.3) is 0 Å². The van der Waals surface area contributed by atoms with Crippen molar-refractivity contribution in [3.8, 4) is 11.5 Å². The number of rotatable bonds is 5. The Morgan fingerprint density at radius 2 is 1.52 bits per heavy atom. The zero-order valence-electron chi connectivity index (χ0n) is 16.0. The number of ether oxygens (including phenoxy) is 2. The first kappa shape index (κ1) is 18.8. The first-order chi connectivity index (χ1) is 14.2. The molecular weight excluding hydrogens is 368 g/mol. The molecule has 3 aromatic rings. The number of nitrogens with one attached hydrogen (secondary N) is 1. The predicted molar refractivity (Wildman–Crippen MR) is 110 cm³/mol. The highest BCUT2D eigenvalue weighted by molar-refractivity contribution is 5.86. The van der Waals surface area contributed by atoms with E-state index in [1.165, 1.54) is 0 Å². The number of benzene rings is 3. The van der Waals surface area contributed by atoms with Crippen molar-refractivity contribution in [2.24, 2.45) is 0 Å². The van der Waals surface area contributed by atoms with E-state index in [-0.39, 0.29) is 0 Å². The average molecular weight is 390 g/mol. The fraction of sp³-hybridized carbons (Fsp3) is 0.174. The topological polar surface area (TPSA) is 71.0 Å². The van der Waals surface area contributed by atoms with Gasteiger partial charge < -0.3 is 14.4 Å². The predicted octanol–water partition coefficient (Wildman–Crippen LogP) is 3.86. The summed E-state index contributed by atoms with van der Waals surface area (Å²) in [4.78, 5) is 14.3. The van der Waals surface area contributed by atoms with Crippen LogP contribution in [-0.2, 0) is 4.79 Å². The van der Waals surface area contributed by atoms with Gasteiger partial charge in [-0.25, -0.2) is 5.48 Å². The molecule has 0 aromatic heterocycles. The van der Waals surface area contributed by atoms with Crippen molar-refractivity contribution >= 4 is 17.3 Å². The van der Waals surface area contributed by atoms with Crippen LogP contribution in [0.2, 0.25) is 0 Å². The molecule has 0 fully saturated rings. The molecule has 4 rings (SSSR count). The van der Waals surface area contributed by atoms with Crippen LogP contribution in [0.15, 0.2) is 72.8 Å². The summed E-state index contributed by atoms with van der Waals surface area (Å²) < 4.78 is 11.2. The smallest absolute Gasteiger partial charge is 0.255 e. The summed E-state index contributed by atoms with van der Waals surface area (Å²) in [5, 5.41) is 9.19. The van der Waals surface area contributed by atoms with E-state index in [0.29, 0.717) is 13.2 Å². The molecule has 1 amide bonds. The van der Waals surface area contributed by atoms with Gasteiger partial charge in [-0.1, -0.05) is 42.5 Å². The fourth-order valence-corrected chi connectivity index (χ4v) is 3.49. The molecule has 1 aliphatic heterocycles. The Hall–Kier alpha value is -3.51. The van der Waals surface area contributed by atoms with E-state index in [4.69, 9.17) is 9.47 Å². The number of nitrogens with zero attached hydrogens (tertiary/aromatic N) is 1. The maximum atomic E-state index is 12.3. The van der Waals surface area contributed by atoms with E-state index in [1.54, 1.807) is 5.48 Å². The molecule has 6 nitrogen and oxygen atoms in total. The van der Waals surface area contributed by atoms with Crippen LogP contribution in [0.4, 0.5) is 11.4 Å². The summed E-state index contributed by atoms with van der Waals surface area (Å²) in [5.41, 5.74) is 5.31. The molecule has 1 atom stereocenters. The zero-order valence-corrected chi connectivity index (χ0v) is 16.0. The summed E-state index contributed by atoms with van der Waals surface area (Å²) in [6, 6.07) is 22.9. The summed E-state index contributed by atoms with van der Waals surface area (Å²) >= 11 is 0. The first-order valence-corrected chi connectivity index (χ1v) is 9.39. The van der Waals surface area contributed by atoms with Crippen LogP contribution in [0.3, 0.4) is 0 Å². The molecule has 6 heteroatoms. The lowest BCUT2D eigenvalue weighted by molar-refractivity contribution is -0.129. The number of carbonyl (C=O) groups is 1. The number of hydroxylamine groups is 1.